The van der Waals surface area contributed by atoms with Crippen molar-refractivity contribution in [3.05, 3.63) is 17.5 Å². The third-order valence-electron chi connectivity index (χ3n) is 3.18. The molecule has 3 N–H and O–H groups in total. The lowest BCUT2D eigenvalue weighted by Gasteiger charge is -2.10. The maximum absolute atomic E-state index is 11.6. The molecule has 18 heavy (non-hydrogen) atoms. The Kier molecular flexibility index (Phi) is 4.76. The molecule has 1 heterocycles. The smallest absolute Gasteiger partial charge is 0.240 e. The Bertz CT molecular complexity index is 426. The molecule has 5 nitrogen and oxygen atoms in total. The lowest BCUT2D eigenvalue weighted by atomic mass is 10.2. The zero-order chi connectivity index (χ0) is 12.5. The van der Waals surface area contributed by atoms with Gasteiger partial charge in [-0.3, -0.25) is 9.48 Å². The summed E-state index contributed by atoms with van der Waals surface area (Å²) in [4.78, 5) is 11.6. The molecule has 0 aromatic carbocycles. The number of amides is 1. The zero-order valence-corrected chi connectivity index (χ0v) is 11.7. The number of carbonyl (C=O) groups is 1. The van der Waals surface area contributed by atoms with E-state index in [9.17, 15) is 4.79 Å². The summed E-state index contributed by atoms with van der Waals surface area (Å²) >= 11 is 0. The van der Waals surface area contributed by atoms with E-state index in [0.29, 0.717) is 6.54 Å². The molecule has 0 bridgehead atoms. The maximum Gasteiger partial charge on any atom is 0.240 e. The first-order chi connectivity index (χ1) is 8.01. The van der Waals surface area contributed by atoms with Gasteiger partial charge >= 0.3 is 0 Å². The van der Waals surface area contributed by atoms with E-state index in [2.05, 4.69) is 16.5 Å². The topological polar surface area (TPSA) is 72.9 Å². The van der Waals surface area contributed by atoms with Gasteiger partial charge in [0.25, 0.3) is 0 Å². The molecule has 0 aliphatic heterocycles. The molecule has 1 aromatic heterocycles. The van der Waals surface area contributed by atoms with Crippen LogP contribution in [0.5, 0.6) is 0 Å². The van der Waals surface area contributed by atoms with Crippen molar-refractivity contribution < 1.29 is 4.79 Å². The summed E-state index contributed by atoms with van der Waals surface area (Å²) in [6.07, 6.45) is 2.51. The predicted octanol–water partition coefficient (Wildman–Crippen LogP) is 0.919. The van der Waals surface area contributed by atoms with Crippen LogP contribution in [0.1, 0.15) is 30.7 Å². The van der Waals surface area contributed by atoms with Gasteiger partial charge in [-0.05, 0) is 39.2 Å². The lowest BCUT2D eigenvalue weighted by molar-refractivity contribution is -0.123. The minimum Gasteiger partial charge on any atom is -0.354 e. The molecule has 1 saturated carbocycles. The number of nitrogens with one attached hydrogen (secondary N) is 1. The summed E-state index contributed by atoms with van der Waals surface area (Å²) < 4.78 is 1.97. The molecular weight excluding hydrogens is 252 g/mol. The Morgan fingerprint density at radius 3 is 2.72 bits per heavy atom. The zero-order valence-electron chi connectivity index (χ0n) is 10.9. The van der Waals surface area contributed by atoms with Crippen LogP contribution in [-0.2, 0) is 11.3 Å². The van der Waals surface area contributed by atoms with Crippen molar-refractivity contribution in [3.63, 3.8) is 0 Å². The molecule has 102 valence electrons. The van der Waals surface area contributed by atoms with Crippen molar-refractivity contribution in [1.29, 1.82) is 0 Å². The van der Waals surface area contributed by atoms with Crippen LogP contribution in [0.15, 0.2) is 6.07 Å². The Balaban J connectivity index is 0.00000162. The molecular formula is C12H21ClN4O. The summed E-state index contributed by atoms with van der Waals surface area (Å²) in [6, 6.07) is 2.05. The highest BCUT2D eigenvalue weighted by atomic mass is 35.5. The van der Waals surface area contributed by atoms with Crippen molar-refractivity contribution >= 4 is 18.3 Å². The largest absolute Gasteiger partial charge is 0.354 e. The molecule has 1 aliphatic rings. The van der Waals surface area contributed by atoms with E-state index in [0.717, 1.165) is 37.2 Å². The first-order valence-corrected chi connectivity index (χ1v) is 6.09. The number of rotatable bonds is 5. The van der Waals surface area contributed by atoms with Gasteiger partial charge < -0.3 is 11.1 Å². The minimum absolute atomic E-state index is 0. The second-order valence-corrected chi connectivity index (χ2v) is 4.92. The highest BCUT2D eigenvalue weighted by Crippen LogP contribution is 2.31. The number of aryl methyl sites for hydroxylation is 3. The molecule has 1 aliphatic carbocycles. The van der Waals surface area contributed by atoms with E-state index in [4.69, 9.17) is 5.73 Å². The average molecular weight is 273 g/mol. The monoisotopic (exact) mass is 272 g/mol. The van der Waals surface area contributed by atoms with Crippen molar-refractivity contribution in [2.75, 3.05) is 6.54 Å². The molecule has 0 unspecified atom stereocenters. The van der Waals surface area contributed by atoms with Crippen LogP contribution in [0.3, 0.4) is 0 Å². The van der Waals surface area contributed by atoms with E-state index in [1.165, 1.54) is 0 Å². The van der Waals surface area contributed by atoms with Gasteiger partial charge in [-0.1, -0.05) is 0 Å². The molecule has 0 atom stereocenters. The average Bonchev–Trinajstić information content (AvgIpc) is 2.93. The molecule has 1 amide bonds. The van der Waals surface area contributed by atoms with Gasteiger partial charge in [0.2, 0.25) is 5.91 Å². The predicted molar refractivity (Wildman–Crippen MR) is 72.7 cm³/mol. The first-order valence-electron chi connectivity index (χ1n) is 6.09. The molecule has 0 radical (unpaired) electrons. The van der Waals surface area contributed by atoms with Crippen LogP contribution >= 0.6 is 12.4 Å². The highest BCUT2D eigenvalue weighted by molar-refractivity contribution is 5.88. The van der Waals surface area contributed by atoms with Gasteiger partial charge in [-0.2, -0.15) is 5.10 Å². The van der Waals surface area contributed by atoms with Crippen molar-refractivity contribution in [2.24, 2.45) is 5.73 Å². The summed E-state index contributed by atoms with van der Waals surface area (Å²) in [7, 11) is 0. The quantitative estimate of drug-likeness (QED) is 0.783. The Hall–Kier alpha value is -1.07. The summed E-state index contributed by atoms with van der Waals surface area (Å²) in [6.45, 7) is 5.52. The molecule has 1 aromatic rings. The number of halogens is 1. The highest BCUT2D eigenvalue weighted by Gasteiger charge is 2.45. The lowest BCUT2D eigenvalue weighted by Crippen LogP contribution is -2.43. The molecule has 0 saturated heterocycles. The van der Waals surface area contributed by atoms with E-state index in [1.54, 1.807) is 0 Å². The number of nitrogens with zero attached hydrogens (tertiary/aromatic N) is 2. The first kappa shape index (κ1) is 15.0. The van der Waals surface area contributed by atoms with Crippen LogP contribution in [0, 0.1) is 13.8 Å². The van der Waals surface area contributed by atoms with E-state index < -0.39 is 5.54 Å². The third-order valence-corrected chi connectivity index (χ3v) is 3.18. The van der Waals surface area contributed by atoms with Crippen LogP contribution in [-0.4, -0.2) is 27.8 Å². The van der Waals surface area contributed by atoms with Crippen molar-refractivity contribution in [3.8, 4) is 0 Å². The van der Waals surface area contributed by atoms with Crippen LogP contribution in [0.4, 0.5) is 0 Å². The van der Waals surface area contributed by atoms with Gasteiger partial charge in [0.15, 0.2) is 0 Å². The number of hydrogen-bond donors (Lipinski definition) is 2. The van der Waals surface area contributed by atoms with Crippen molar-refractivity contribution in [2.45, 2.75) is 45.2 Å². The number of aromatic nitrogens is 2. The van der Waals surface area contributed by atoms with Gasteiger partial charge in [0, 0.05) is 18.8 Å². The fourth-order valence-corrected chi connectivity index (χ4v) is 1.87. The van der Waals surface area contributed by atoms with Crippen LogP contribution < -0.4 is 11.1 Å². The SMILES string of the molecule is Cc1cc(C)n(CCCNC(=O)C2(N)CC2)n1.Cl. The standard InChI is InChI=1S/C12H20N4O.ClH/c1-9-8-10(2)16(15-9)7-3-6-14-11(17)12(13)4-5-12;/h8H,3-7,13H2,1-2H3,(H,14,17);1H. The van der Waals surface area contributed by atoms with E-state index in [-0.39, 0.29) is 18.3 Å². The minimum atomic E-state index is -0.557. The van der Waals surface area contributed by atoms with E-state index >= 15 is 0 Å². The van der Waals surface area contributed by atoms with Crippen molar-refractivity contribution in [1.82, 2.24) is 15.1 Å². The van der Waals surface area contributed by atoms with Gasteiger partial charge in [0.05, 0.1) is 11.2 Å². The Labute approximate surface area is 114 Å². The Morgan fingerprint density at radius 2 is 2.22 bits per heavy atom. The van der Waals surface area contributed by atoms with Crippen LogP contribution in [0.2, 0.25) is 0 Å². The molecule has 2 rings (SSSR count). The molecule has 6 heteroatoms. The number of hydrogen-bond acceptors (Lipinski definition) is 3. The van der Waals surface area contributed by atoms with Gasteiger partial charge in [-0.15, -0.1) is 12.4 Å². The summed E-state index contributed by atoms with van der Waals surface area (Å²) in [5.41, 5.74) is 7.42. The number of nitrogens with two attached hydrogens (primary N) is 1. The van der Waals surface area contributed by atoms with Gasteiger partial charge in [0.1, 0.15) is 0 Å². The van der Waals surface area contributed by atoms with E-state index in [1.807, 2.05) is 18.5 Å². The fourth-order valence-electron chi connectivity index (χ4n) is 1.87. The summed E-state index contributed by atoms with van der Waals surface area (Å²) in [5.74, 6) is -0.00846. The second kappa shape index (κ2) is 5.71. The normalized spacial score (nSPS) is 15.9. The molecule has 1 fully saturated rings. The van der Waals surface area contributed by atoms with Crippen LogP contribution in [0.25, 0.3) is 0 Å². The summed E-state index contributed by atoms with van der Waals surface area (Å²) in [5, 5.41) is 7.24. The third kappa shape index (κ3) is 3.46. The van der Waals surface area contributed by atoms with Gasteiger partial charge in [-0.25, -0.2) is 0 Å². The Morgan fingerprint density at radius 1 is 1.56 bits per heavy atom. The molecule has 0 spiro atoms. The fraction of sp³-hybridized carbons (Fsp3) is 0.667. The second-order valence-electron chi connectivity index (χ2n) is 4.92. The number of carbonyl (C=O) groups excluding carboxylic acids is 1. The maximum atomic E-state index is 11.6.